The fourth-order valence-corrected chi connectivity index (χ4v) is 9.21. The predicted molar refractivity (Wildman–Crippen MR) is 229 cm³/mol. The lowest BCUT2D eigenvalue weighted by Crippen LogP contribution is -2.11. The Labute approximate surface area is 316 Å². The smallest absolute Gasteiger partial charge is 0.213 e. The molecule has 0 aliphatic rings. The normalized spacial score (nSPS) is 11.7. The Bertz CT molecular complexity index is 3150. The molecule has 0 radical (unpaired) electrons. The second-order valence-corrected chi connectivity index (χ2v) is 14.8. The van der Waals surface area contributed by atoms with E-state index < -0.39 is 0 Å². The van der Waals surface area contributed by atoms with E-state index in [1.54, 1.807) is 0 Å². The van der Waals surface area contributed by atoms with Crippen LogP contribution < -0.4 is 4.90 Å². The number of nitrogens with zero attached hydrogens (tertiary/aromatic N) is 2. The average Bonchev–Trinajstić information content (AvgIpc) is 3.90. The maximum atomic E-state index is 6.60. The fraction of sp³-hybridized carbons (Fsp3) is 0. The summed E-state index contributed by atoms with van der Waals surface area (Å²) in [5.74, 6) is 0. The molecule has 8 aromatic carbocycles. The van der Waals surface area contributed by atoms with Crippen LogP contribution in [0, 0.1) is 0 Å². The van der Waals surface area contributed by atoms with Gasteiger partial charge in [-0.15, -0.1) is 11.3 Å². The van der Waals surface area contributed by atoms with E-state index in [1.807, 2.05) is 17.4 Å². The van der Waals surface area contributed by atoms with Gasteiger partial charge in [-0.25, -0.2) is 0 Å². The van der Waals surface area contributed by atoms with E-state index in [-0.39, 0.29) is 0 Å². The van der Waals surface area contributed by atoms with Gasteiger partial charge in [-0.05, 0) is 89.5 Å². The van der Waals surface area contributed by atoms with Gasteiger partial charge in [0.1, 0.15) is 5.58 Å². The van der Waals surface area contributed by atoms with Gasteiger partial charge < -0.3 is 9.32 Å². The van der Waals surface area contributed by atoms with Crippen LogP contribution in [0.5, 0.6) is 0 Å². The van der Waals surface area contributed by atoms with Gasteiger partial charge in [-0.1, -0.05) is 121 Å². The molecule has 0 fully saturated rings. The van der Waals surface area contributed by atoms with Crippen molar-refractivity contribution in [2.75, 3.05) is 4.90 Å². The van der Waals surface area contributed by atoms with E-state index in [0.717, 1.165) is 66.8 Å². The summed E-state index contributed by atoms with van der Waals surface area (Å²) in [6, 6.07) is 69.7. The molecule has 11 rings (SSSR count). The molecule has 0 bridgehead atoms. The van der Waals surface area contributed by atoms with Crippen LogP contribution in [0.15, 0.2) is 199 Å². The Hall–Kier alpha value is -6.88. The highest BCUT2D eigenvalue weighted by Gasteiger charge is 2.22. The van der Waals surface area contributed by atoms with Crippen LogP contribution in [-0.4, -0.2) is 4.57 Å². The van der Waals surface area contributed by atoms with E-state index >= 15 is 0 Å². The van der Waals surface area contributed by atoms with Crippen LogP contribution in [0.1, 0.15) is 0 Å². The number of para-hydroxylation sites is 3. The number of anilines is 3. The molecule has 254 valence electrons. The lowest BCUT2D eigenvalue weighted by Gasteiger charge is -2.28. The van der Waals surface area contributed by atoms with Crippen molar-refractivity contribution in [3.05, 3.63) is 194 Å². The molecule has 11 aromatic rings. The quantitative estimate of drug-likeness (QED) is 0.171. The molecule has 0 saturated heterocycles. The Morgan fingerprint density at radius 3 is 1.94 bits per heavy atom. The van der Waals surface area contributed by atoms with Crippen molar-refractivity contribution in [1.82, 2.24) is 4.57 Å². The zero-order valence-electron chi connectivity index (χ0n) is 29.2. The Balaban J connectivity index is 1.13. The minimum Gasteiger partial charge on any atom is -0.439 e. The standard InChI is InChI=1S/C50H32N2OS/c1-3-13-33(14-4-1)34-23-26-37(27-24-34)51(38-28-30-48-42(32-38)40-18-9-12-22-47(40)54-48)44-20-10-7-17-39(44)35-25-29-45-43(31-35)49-41-19-8-11-21-46(41)53-50(49)52(45)36-15-5-2-6-16-36/h1-32H. The Kier molecular flexibility index (Phi) is 7.04. The zero-order valence-corrected chi connectivity index (χ0v) is 30.0. The SMILES string of the molecule is c1ccc(-c2ccc(N(c3ccc4sc5ccccc5c4c3)c3ccccc3-c3ccc4c(c3)c3c5ccccc5oc3n4-c3ccccc3)cc2)cc1. The molecule has 54 heavy (non-hydrogen) atoms. The Morgan fingerprint density at radius 1 is 0.444 bits per heavy atom. The third-order valence-corrected chi connectivity index (χ3v) is 11.8. The minimum absolute atomic E-state index is 0.860. The Morgan fingerprint density at radius 2 is 1.09 bits per heavy atom. The number of aromatic nitrogens is 1. The first kappa shape index (κ1) is 30.7. The maximum Gasteiger partial charge on any atom is 0.213 e. The number of hydrogen-bond donors (Lipinski definition) is 0. The summed E-state index contributed by atoms with van der Waals surface area (Å²) in [6.45, 7) is 0. The first-order valence-electron chi connectivity index (χ1n) is 18.3. The summed E-state index contributed by atoms with van der Waals surface area (Å²) in [4.78, 5) is 2.41. The number of thiophene rings is 1. The highest BCUT2D eigenvalue weighted by atomic mass is 32.1. The van der Waals surface area contributed by atoms with Crippen molar-refractivity contribution >= 4 is 81.5 Å². The van der Waals surface area contributed by atoms with E-state index in [9.17, 15) is 0 Å². The molecule has 3 heterocycles. The molecule has 0 amide bonds. The van der Waals surface area contributed by atoms with Crippen molar-refractivity contribution in [3.63, 3.8) is 0 Å². The summed E-state index contributed by atoms with van der Waals surface area (Å²) < 4.78 is 11.4. The molecule has 0 aliphatic heterocycles. The molecule has 0 aliphatic carbocycles. The van der Waals surface area contributed by atoms with E-state index in [0.29, 0.717) is 0 Å². The number of fused-ring (bicyclic) bond motifs is 8. The van der Waals surface area contributed by atoms with Gasteiger partial charge in [0.2, 0.25) is 5.71 Å². The lowest BCUT2D eigenvalue weighted by atomic mass is 9.99. The first-order valence-corrected chi connectivity index (χ1v) is 19.1. The third-order valence-electron chi connectivity index (χ3n) is 10.6. The molecule has 0 saturated carbocycles. The molecular formula is C50H32N2OS. The van der Waals surface area contributed by atoms with Crippen LogP contribution in [0.4, 0.5) is 17.1 Å². The van der Waals surface area contributed by atoms with E-state index in [1.165, 1.54) is 31.3 Å². The number of hydrogen-bond acceptors (Lipinski definition) is 3. The van der Waals surface area contributed by atoms with Crippen LogP contribution in [0.25, 0.3) is 81.1 Å². The van der Waals surface area contributed by atoms with Crippen molar-refractivity contribution in [2.45, 2.75) is 0 Å². The predicted octanol–water partition coefficient (Wildman–Crippen LogP) is 14.7. The molecule has 0 atom stereocenters. The van der Waals surface area contributed by atoms with E-state index in [2.05, 4.69) is 198 Å². The number of benzene rings is 8. The highest BCUT2D eigenvalue weighted by molar-refractivity contribution is 7.25. The van der Waals surface area contributed by atoms with Gasteiger partial charge in [-0.3, -0.25) is 4.57 Å². The van der Waals surface area contributed by atoms with Crippen molar-refractivity contribution in [3.8, 4) is 27.9 Å². The highest BCUT2D eigenvalue weighted by Crippen LogP contribution is 2.46. The molecule has 0 N–H and O–H groups in total. The van der Waals surface area contributed by atoms with Gasteiger partial charge >= 0.3 is 0 Å². The van der Waals surface area contributed by atoms with Gasteiger partial charge in [0.15, 0.2) is 0 Å². The second kappa shape index (κ2) is 12.4. The largest absolute Gasteiger partial charge is 0.439 e. The summed E-state index contributed by atoms with van der Waals surface area (Å²) in [5.41, 5.74) is 12.0. The monoisotopic (exact) mass is 708 g/mol. The van der Waals surface area contributed by atoms with Crippen LogP contribution in [-0.2, 0) is 0 Å². The number of rotatable bonds is 6. The van der Waals surface area contributed by atoms with Crippen LogP contribution in [0.2, 0.25) is 0 Å². The second-order valence-electron chi connectivity index (χ2n) is 13.7. The zero-order chi connectivity index (χ0) is 35.6. The van der Waals surface area contributed by atoms with Gasteiger partial charge in [0.05, 0.1) is 16.6 Å². The number of furan rings is 1. The molecule has 0 spiro atoms. The molecule has 0 unspecified atom stereocenters. The lowest BCUT2D eigenvalue weighted by molar-refractivity contribution is 0.645. The minimum atomic E-state index is 0.860. The van der Waals surface area contributed by atoms with Crippen LogP contribution in [0.3, 0.4) is 0 Å². The van der Waals surface area contributed by atoms with Crippen LogP contribution >= 0.6 is 11.3 Å². The van der Waals surface area contributed by atoms with Gasteiger partial charge in [0, 0.05) is 53.6 Å². The maximum absolute atomic E-state index is 6.60. The van der Waals surface area contributed by atoms with Crippen molar-refractivity contribution in [2.24, 2.45) is 0 Å². The molecule has 3 aromatic heterocycles. The molecular weight excluding hydrogens is 677 g/mol. The average molecular weight is 709 g/mol. The third kappa shape index (κ3) is 4.88. The molecule has 4 heteroatoms. The van der Waals surface area contributed by atoms with Gasteiger partial charge in [0.25, 0.3) is 0 Å². The summed E-state index contributed by atoms with van der Waals surface area (Å²) >= 11 is 1.85. The fourth-order valence-electron chi connectivity index (χ4n) is 8.12. The summed E-state index contributed by atoms with van der Waals surface area (Å²) in [6.07, 6.45) is 0. The van der Waals surface area contributed by atoms with Crippen molar-refractivity contribution < 1.29 is 4.42 Å². The van der Waals surface area contributed by atoms with E-state index in [4.69, 9.17) is 4.42 Å². The van der Waals surface area contributed by atoms with Gasteiger partial charge in [-0.2, -0.15) is 0 Å². The van der Waals surface area contributed by atoms with Crippen molar-refractivity contribution in [1.29, 1.82) is 0 Å². The summed E-state index contributed by atoms with van der Waals surface area (Å²) in [7, 11) is 0. The first-order chi connectivity index (χ1) is 26.8. The topological polar surface area (TPSA) is 21.3 Å². The molecule has 3 nitrogen and oxygen atoms in total. The summed E-state index contributed by atoms with van der Waals surface area (Å²) in [5, 5.41) is 5.98.